The number of nitrogens with two attached hydrogens (primary N) is 1. The summed E-state index contributed by atoms with van der Waals surface area (Å²) in [6.07, 6.45) is 11.2. The first-order valence-corrected chi connectivity index (χ1v) is 10.6. The van der Waals surface area contributed by atoms with Crippen molar-refractivity contribution in [3.8, 4) is 0 Å². The molecule has 0 fully saturated rings. The van der Waals surface area contributed by atoms with Crippen LogP contribution in [0.1, 0.15) is 77.2 Å². The van der Waals surface area contributed by atoms with Gasteiger partial charge in [0.15, 0.2) is 0 Å². The van der Waals surface area contributed by atoms with Crippen LogP contribution in [0.2, 0.25) is 0 Å². The van der Waals surface area contributed by atoms with E-state index in [1.54, 1.807) is 21.3 Å². The largest absolute Gasteiger partial charge is 0.384 e. The van der Waals surface area contributed by atoms with Crippen LogP contribution >= 0.6 is 0 Å². The van der Waals surface area contributed by atoms with E-state index in [9.17, 15) is 0 Å². The summed E-state index contributed by atoms with van der Waals surface area (Å²) in [5.74, 6) is -0.432. The van der Waals surface area contributed by atoms with E-state index < -0.39 is 5.97 Å². The lowest BCUT2D eigenvalue weighted by molar-refractivity contribution is -0.380. The average Bonchev–Trinajstić information content (AvgIpc) is 2.73. The van der Waals surface area contributed by atoms with E-state index in [1.807, 2.05) is 30.3 Å². The molecule has 5 nitrogen and oxygen atoms in total. The molecule has 0 aliphatic heterocycles. The van der Waals surface area contributed by atoms with Crippen LogP contribution in [0.4, 0.5) is 0 Å². The molecule has 0 aliphatic rings. The molecule has 0 aromatic heterocycles. The molecule has 162 valence electrons. The van der Waals surface area contributed by atoms with E-state index in [-0.39, 0.29) is 5.84 Å². The van der Waals surface area contributed by atoms with Crippen molar-refractivity contribution in [1.29, 1.82) is 5.41 Å². The Balaban J connectivity index is 0.000000668. The number of rotatable bonds is 14. The Kier molecular flexibility index (Phi) is 15.7. The molecule has 1 aromatic rings. The van der Waals surface area contributed by atoms with Gasteiger partial charge < -0.3 is 19.9 Å². The summed E-state index contributed by atoms with van der Waals surface area (Å²) in [6, 6.07) is 9.23. The Labute approximate surface area is 172 Å². The summed E-state index contributed by atoms with van der Waals surface area (Å²) in [7, 11) is 4.99. The van der Waals surface area contributed by atoms with Gasteiger partial charge in [0.2, 0.25) is 0 Å². The SMILES string of the molecule is CCCCCCCCC(CCC)C(OC)(OC)OC.N=C(N)c1ccccc1. The van der Waals surface area contributed by atoms with Crippen molar-refractivity contribution >= 4 is 5.84 Å². The standard InChI is InChI=1S/C16H34O3.C7H8N2/c1-6-8-9-10-11-12-14-15(13-7-2)16(17-3,18-4)19-5;8-7(9)6-4-2-1-3-5-6/h15H,6-14H2,1-5H3;1-5H,(H3,8,9). The monoisotopic (exact) mass is 394 g/mol. The van der Waals surface area contributed by atoms with Gasteiger partial charge in [0.1, 0.15) is 5.84 Å². The maximum Gasteiger partial charge on any atom is 0.285 e. The van der Waals surface area contributed by atoms with Gasteiger partial charge in [0.25, 0.3) is 5.97 Å². The van der Waals surface area contributed by atoms with Crippen molar-refractivity contribution in [3.63, 3.8) is 0 Å². The van der Waals surface area contributed by atoms with Crippen LogP contribution in [-0.2, 0) is 14.2 Å². The third-order valence-corrected chi connectivity index (χ3v) is 4.98. The molecule has 1 unspecified atom stereocenters. The normalized spacial score (nSPS) is 12.2. The fourth-order valence-electron chi connectivity index (χ4n) is 3.39. The molecule has 1 atom stereocenters. The van der Waals surface area contributed by atoms with Crippen LogP contribution < -0.4 is 5.73 Å². The Morgan fingerprint density at radius 3 is 1.82 bits per heavy atom. The molecule has 0 aliphatic carbocycles. The van der Waals surface area contributed by atoms with Crippen LogP contribution in [0.25, 0.3) is 0 Å². The summed E-state index contributed by atoms with van der Waals surface area (Å²) >= 11 is 0. The van der Waals surface area contributed by atoms with E-state index in [0.717, 1.165) is 24.8 Å². The Morgan fingerprint density at radius 1 is 0.857 bits per heavy atom. The van der Waals surface area contributed by atoms with Gasteiger partial charge in [-0.05, 0) is 12.8 Å². The zero-order chi connectivity index (χ0) is 21.3. The Hall–Kier alpha value is -1.43. The summed E-state index contributed by atoms with van der Waals surface area (Å²) in [6.45, 7) is 4.45. The third-order valence-electron chi connectivity index (χ3n) is 4.98. The van der Waals surface area contributed by atoms with Gasteiger partial charge in [-0.1, -0.05) is 89.1 Å². The Bertz CT molecular complexity index is 482. The van der Waals surface area contributed by atoms with Crippen molar-refractivity contribution in [3.05, 3.63) is 35.9 Å². The van der Waals surface area contributed by atoms with Crippen LogP contribution in [0.15, 0.2) is 30.3 Å². The van der Waals surface area contributed by atoms with E-state index in [2.05, 4.69) is 13.8 Å². The molecule has 0 bridgehead atoms. The smallest absolute Gasteiger partial charge is 0.285 e. The van der Waals surface area contributed by atoms with Crippen LogP contribution in [0.5, 0.6) is 0 Å². The second-order valence-electron chi connectivity index (χ2n) is 7.04. The van der Waals surface area contributed by atoms with Gasteiger partial charge in [-0.2, -0.15) is 0 Å². The zero-order valence-corrected chi connectivity index (χ0v) is 18.6. The minimum Gasteiger partial charge on any atom is -0.384 e. The maximum absolute atomic E-state index is 7.01. The fourth-order valence-corrected chi connectivity index (χ4v) is 3.39. The number of nitrogens with one attached hydrogen (secondary N) is 1. The van der Waals surface area contributed by atoms with Gasteiger partial charge in [0.05, 0.1) is 0 Å². The fraction of sp³-hybridized carbons (Fsp3) is 0.696. The molecule has 28 heavy (non-hydrogen) atoms. The quantitative estimate of drug-likeness (QED) is 0.183. The highest BCUT2D eigenvalue weighted by Crippen LogP contribution is 2.32. The number of nitrogen functional groups attached to an aromatic ring is 1. The van der Waals surface area contributed by atoms with Crippen molar-refractivity contribution in [2.24, 2.45) is 11.7 Å². The molecular formula is C23H42N2O3. The lowest BCUT2D eigenvalue weighted by Crippen LogP contribution is -2.44. The van der Waals surface area contributed by atoms with Crippen LogP contribution in [-0.4, -0.2) is 33.1 Å². The first-order valence-electron chi connectivity index (χ1n) is 10.6. The summed E-state index contributed by atoms with van der Waals surface area (Å²) in [5, 5.41) is 7.01. The minimum absolute atomic E-state index is 0.121. The van der Waals surface area contributed by atoms with Gasteiger partial charge in [-0.15, -0.1) is 0 Å². The number of unbranched alkanes of at least 4 members (excludes halogenated alkanes) is 5. The van der Waals surface area contributed by atoms with E-state index in [0.29, 0.717) is 5.92 Å². The predicted molar refractivity (Wildman–Crippen MR) is 118 cm³/mol. The van der Waals surface area contributed by atoms with Crippen molar-refractivity contribution in [2.45, 2.75) is 77.6 Å². The molecule has 1 aromatic carbocycles. The first-order chi connectivity index (χ1) is 13.5. The van der Waals surface area contributed by atoms with Crippen LogP contribution in [0.3, 0.4) is 0 Å². The molecular weight excluding hydrogens is 352 g/mol. The molecule has 1 rings (SSSR count). The second kappa shape index (κ2) is 16.5. The van der Waals surface area contributed by atoms with E-state index in [4.69, 9.17) is 25.4 Å². The summed E-state index contributed by atoms with van der Waals surface area (Å²) < 4.78 is 16.5. The molecule has 0 heterocycles. The molecule has 0 amide bonds. The van der Waals surface area contributed by atoms with Crippen LogP contribution in [0, 0.1) is 11.3 Å². The predicted octanol–water partition coefficient (Wildman–Crippen LogP) is 5.72. The number of ether oxygens (including phenoxy) is 3. The zero-order valence-electron chi connectivity index (χ0n) is 18.6. The van der Waals surface area contributed by atoms with Gasteiger partial charge in [-0.25, -0.2) is 0 Å². The van der Waals surface area contributed by atoms with Crippen molar-refractivity contribution in [2.75, 3.05) is 21.3 Å². The molecule has 0 radical (unpaired) electrons. The first kappa shape index (κ1) is 26.6. The summed E-state index contributed by atoms with van der Waals surface area (Å²) in [4.78, 5) is 0. The Morgan fingerprint density at radius 2 is 1.39 bits per heavy atom. The van der Waals surface area contributed by atoms with Gasteiger partial charge >= 0.3 is 0 Å². The second-order valence-corrected chi connectivity index (χ2v) is 7.04. The summed E-state index contributed by atoms with van der Waals surface area (Å²) in [5.41, 5.74) is 5.97. The highest BCUT2D eigenvalue weighted by atomic mass is 16.9. The molecule has 0 saturated heterocycles. The average molecular weight is 395 g/mol. The van der Waals surface area contributed by atoms with Gasteiger partial charge in [-0.3, -0.25) is 5.41 Å². The number of amidine groups is 1. The van der Waals surface area contributed by atoms with Crippen molar-refractivity contribution < 1.29 is 14.2 Å². The highest BCUT2D eigenvalue weighted by Gasteiger charge is 2.38. The lowest BCUT2D eigenvalue weighted by atomic mass is 9.93. The third kappa shape index (κ3) is 10.2. The number of hydrogen-bond donors (Lipinski definition) is 2. The lowest BCUT2D eigenvalue weighted by Gasteiger charge is -2.36. The highest BCUT2D eigenvalue weighted by molar-refractivity contribution is 5.94. The van der Waals surface area contributed by atoms with Gasteiger partial charge in [0, 0.05) is 32.8 Å². The molecule has 0 spiro atoms. The number of methoxy groups -OCH3 is 3. The number of benzene rings is 1. The molecule has 3 N–H and O–H groups in total. The maximum atomic E-state index is 7.01. The number of hydrogen-bond acceptors (Lipinski definition) is 4. The topological polar surface area (TPSA) is 77.6 Å². The van der Waals surface area contributed by atoms with E-state index in [1.165, 1.54) is 38.5 Å². The minimum atomic E-state index is -0.862. The molecule has 0 saturated carbocycles. The van der Waals surface area contributed by atoms with Crippen molar-refractivity contribution in [1.82, 2.24) is 0 Å². The molecule has 5 heteroatoms. The van der Waals surface area contributed by atoms with E-state index >= 15 is 0 Å².